The third-order valence-corrected chi connectivity index (χ3v) is 3.80. The summed E-state index contributed by atoms with van der Waals surface area (Å²) in [6, 6.07) is 6.39. The molecule has 3 rings (SSSR count). The van der Waals surface area contributed by atoms with Crippen molar-refractivity contribution < 1.29 is 4.52 Å². The molecule has 0 amide bonds. The Morgan fingerprint density at radius 1 is 1.35 bits per heavy atom. The molecule has 7 heteroatoms. The lowest BCUT2D eigenvalue weighted by Crippen LogP contribution is -2.23. The van der Waals surface area contributed by atoms with Crippen molar-refractivity contribution in [3.63, 3.8) is 0 Å². The summed E-state index contributed by atoms with van der Waals surface area (Å²) >= 11 is 0. The average molecular weight is 427 g/mol. The molecule has 0 spiro atoms. The second-order valence-electron chi connectivity index (χ2n) is 5.44. The normalized spacial score (nSPS) is 13.5. The molecule has 0 fully saturated rings. The fraction of sp³-hybridized carbons (Fsp3) is 0.438. The molecule has 0 aliphatic heterocycles. The van der Waals surface area contributed by atoms with Crippen LogP contribution in [0.25, 0.3) is 0 Å². The van der Waals surface area contributed by atoms with E-state index in [9.17, 15) is 0 Å². The van der Waals surface area contributed by atoms with Crippen LogP contribution in [0.5, 0.6) is 0 Å². The third-order valence-electron chi connectivity index (χ3n) is 3.80. The predicted molar refractivity (Wildman–Crippen MR) is 101 cm³/mol. The van der Waals surface area contributed by atoms with Crippen LogP contribution in [0.1, 0.15) is 36.2 Å². The van der Waals surface area contributed by atoms with Gasteiger partial charge < -0.3 is 15.6 Å². The lowest BCUT2D eigenvalue weighted by molar-refractivity contribution is 0.376. The van der Waals surface area contributed by atoms with Gasteiger partial charge in [-0.15, -0.1) is 24.0 Å². The number of hydrogen-bond acceptors (Lipinski definition) is 4. The molecule has 1 aromatic carbocycles. The molecule has 6 nitrogen and oxygen atoms in total. The van der Waals surface area contributed by atoms with E-state index in [1.54, 1.807) is 0 Å². The molecule has 0 radical (unpaired) electrons. The second-order valence-corrected chi connectivity index (χ2v) is 5.44. The van der Waals surface area contributed by atoms with Gasteiger partial charge in [0.15, 0.2) is 11.8 Å². The van der Waals surface area contributed by atoms with Crippen LogP contribution in [-0.2, 0) is 25.7 Å². The highest BCUT2D eigenvalue weighted by Crippen LogP contribution is 2.24. The number of aromatic nitrogens is 2. The predicted octanol–water partition coefficient (Wildman–Crippen LogP) is 2.71. The standard InChI is InChI=1S/C16H21N5O.HI/c1-2-15-20-14(21-22-15)8-9-18-16(17)19-13-7-6-11-4-3-5-12(11)10-13;/h6-7,10H,2-5,8-9H2,1H3,(H3,17,18,19);1H. The minimum atomic E-state index is 0. The average Bonchev–Trinajstić information content (AvgIpc) is 3.15. The maximum atomic E-state index is 5.92. The molecule has 1 heterocycles. The maximum absolute atomic E-state index is 5.92. The van der Waals surface area contributed by atoms with E-state index in [1.165, 1.54) is 24.0 Å². The van der Waals surface area contributed by atoms with E-state index in [0.717, 1.165) is 18.5 Å². The summed E-state index contributed by atoms with van der Waals surface area (Å²) in [5.74, 6) is 1.74. The van der Waals surface area contributed by atoms with E-state index in [0.29, 0.717) is 30.6 Å². The highest BCUT2D eigenvalue weighted by atomic mass is 127. The van der Waals surface area contributed by atoms with Gasteiger partial charge in [0.25, 0.3) is 0 Å². The van der Waals surface area contributed by atoms with Crippen molar-refractivity contribution in [2.75, 3.05) is 11.9 Å². The molecule has 3 N–H and O–H groups in total. The number of anilines is 1. The van der Waals surface area contributed by atoms with Crippen LogP contribution in [0.4, 0.5) is 5.69 Å². The summed E-state index contributed by atoms with van der Waals surface area (Å²) in [4.78, 5) is 8.55. The number of fused-ring (bicyclic) bond motifs is 1. The third kappa shape index (κ3) is 4.66. The van der Waals surface area contributed by atoms with Gasteiger partial charge in [-0.05, 0) is 42.5 Å². The summed E-state index contributed by atoms with van der Waals surface area (Å²) in [5, 5.41) is 7.03. The Morgan fingerprint density at radius 3 is 2.96 bits per heavy atom. The molecule has 0 saturated heterocycles. The minimum absolute atomic E-state index is 0. The van der Waals surface area contributed by atoms with Crippen molar-refractivity contribution in [1.29, 1.82) is 0 Å². The van der Waals surface area contributed by atoms with Gasteiger partial charge in [0.1, 0.15) is 0 Å². The molecule has 23 heavy (non-hydrogen) atoms. The van der Waals surface area contributed by atoms with E-state index in [1.807, 2.05) is 6.92 Å². The first-order chi connectivity index (χ1) is 10.7. The number of benzene rings is 1. The van der Waals surface area contributed by atoms with Gasteiger partial charge in [-0.2, -0.15) is 4.98 Å². The molecule has 0 atom stereocenters. The summed E-state index contributed by atoms with van der Waals surface area (Å²) in [7, 11) is 0. The summed E-state index contributed by atoms with van der Waals surface area (Å²) in [5.41, 5.74) is 9.78. The van der Waals surface area contributed by atoms with Crippen molar-refractivity contribution in [1.82, 2.24) is 10.1 Å². The number of aliphatic imine (C=N–C) groups is 1. The smallest absolute Gasteiger partial charge is 0.226 e. The quantitative estimate of drug-likeness (QED) is 0.435. The molecule has 1 aliphatic rings. The summed E-state index contributed by atoms with van der Waals surface area (Å²) in [6.07, 6.45) is 4.95. The summed E-state index contributed by atoms with van der Waals surface area (Å²) < 4.78 is 5.05. The van der Waals surface area contributed by atoms with Gasteiger partial charge in [0.2, 0.25) is 5.89 Å². The molecule has 2 aromatic rings. The fourth-order valence-electron chi connectivity index (χ4n) is 2.65. The topological polar surface area (TPSA) is 89.3 Å². The molecule has 124 valence electrons. The summed E-state index contributed by atoms with van der Waals surface area (Å²) in [6.45, 7) is 2.51. The second kappa shape index (κ2) is 8.28. The van der Waals surface area contributed by atoms with Gasteiger partial charge >= 0.3 is 0 Å². The SMILES string of the molecule is CCc1nc(CCN=C(N)Nc2ccc3c(c2)CCC3)no1.I. The van der Waals surface area contributed by atoms with Crippen LogP contribution in [0.15, 0.2) is 27.7 Å². The van der Waals surface area contributed by atoms with Gasteiger partial charge in [-0.25, -0.2) is 0 Å². The number of halogens is 1. The first-order valence-corrected chi connectivity index (χ1v) is 7.75. The highest BCUT2D eigenvalue weighted by Gasteiger charge is 2.10. The lowest BCUT2D eigenvalue weighted by Gasteiger charge is -2.07. The zero-order valence-electron chi connectivity index (χ0n) is 13.2. The number of rotatable bonds is 5. The lowest BCUT2D eigenvalue weighted by atomic mass is 10.1. The Kier molecular flexibility index (Phi) is 6.37. The van der Waals surface area contributed by atoms with E-state index in [4.69, 9.17) is 10.3 Å². The Hall–Kier alpha value is -1.64. The van der Waals surface area contributed by atoms with Crippen molar-refractivity contribution in [2.24, 2.45) is 10.7 Å². The van der Waals surface area contributed by atoms with Gasteiger partial charge in [-0.3, -0.25) is 4.99 Å². The van der Waals surface area contributed by atoms with Gasteiger partial charge in [0, 0.05) is 25.1 Å². The van der Waals surface area contributed by atoms with Crippen LogP contribution in [0.2, 0.25) is 0 Å². The molecule has 0 saturated carbocycles. The van der Waals surface area contributed by atoms with Crippen molar-refractivity contribution in [2.45, 2.75) is 39.0 Å². The fourth-order valence-corrected chi connectivity index (χ4v) is 2.65. The van der Waals surface area contributed by atoms with Gasteiger partial charge in [-0.1, -0.05) is 18.1 Å². The Labute approximate surface area is 153 Å². The van der Waals surface area contributed by atoms with E-state index >= 15 is 0 Å². The largest absolute Gasteiger partial charge is 0.370 e. The van der Waals surface area contributed by atoms with Crippen LogP contribution in [0, 0.1) is 0 Å². The Balaban J connectivity index is 0.00000192. The van der Waals surface area contributed by atoms with Crippen molar-refractivity contribution in [3.05, 3.63) is 41.0 Å². The van der Waals surface area contributed by atoms with Crippen LogP contribution < -0.4 is 11.1 Å². The van der Waals surface area contributed by atoms with Crippen LogP contribution in [0.3, 0.4) is 0 Å². The van der Waals surface area contributed by atoms with Crippen LogP contribution >= 0.6 is 24.0 Å². The zero-order valence-corrected chi connectivity index (χ0v) is 15.5. The van der Waals surface area contributed by atoms with E-state index in [-0.39, 0.29) is 24.0 Å². The molecular weight excluding hydrogens is 405 g/mol. The van der Waals surface area contributed by atoms with Crippen molar-refractivity contribution in [3.8, 4) is 0 Å². The maximum Gasteiger partial charge on any atom is 0.226 e. The van der Waals surface area contributed by atoms with Gasteiger partial charge in [0.05, 0.1) is 0 Å². The van der Waals surface area contributed by atoms with E-state index in [2.05, 4.69) is 38.6 Å². The first kappa shape index (κ1) is 17.7. The van der Waals surface area contributed by atoms with E-state index < -0.39 is 0 Å². The Bertz CT molecular complexity index is 683. The number of hydrogen-bond donors (Lipinski definition) is 2. The van der Waals surface area contributed by atoms with Crippen molar-refractivity contribution >= 4 is 35.6 Å². The van der Waals surface area contributed by atoms with Crippen LogP contribution in [-0.4, -0.2) is 22.6 Å². The Morgan fingerprint density at radius 2 is 2.17 bits per heavy atom. The number of nitrogens with zero attached hydrogens (tertiary/aromatic N) is 3. The molecular formula is C16H22IN5O. The number of nitrogens with one attached hydrogen (secondary N) is 1. The zero-order chi connectivity index (χ0) is 15.4. The number of guanidine groups is 1. The molecule has 1 aliphatic carbocycles. The molecule has 0 bridgehead atoms. The highest BCUT2D eigenvalue weighted by molar-refractivity contribution is 14.0. The monoisotopic (exact) mass is 427 g/mol. The number of nitrogens with two attached hydrogens (primary N) is 1. The molecule has 1 aromatic heterocycles. The minimum Gasteiger partial charge on any atom is -0.370 e. The molecule has 0 unspecified atom stereocenters. The number of aryl methyl sites for hydroxylation is 3. The first-order valence-electron chi connectivity index (χ1n) is 7.75.